The topological polar surface area (TPSA) is 69.8 Å². The van der Waals surface area contributed by atoms with E-state index in [0.29, 0.717) is 11.5 Å². The van der Waals surface area contributed by atoms with Gasteiger partial charge < -0.3 is 5.11 Å². The SMILES string of the molecule is CC(C)c1cc(C#N)cc(CC(C)c2ccc(CO)cn2)n1. The summed E-state index contributed by atoms with van der Waals surface area (Å²) in [6, 6.07) is 9.74. The molecule has 2 rings (SSSR count). The van der Waals surface area contributed by atoms with Gasteiger partial charge in [-0.1, -0.05) is 26.8 Å². The molecule has 2 aromatic rings. The lowest BCUT2D eigenvalue weighted by Gasteiger charge is -2.13. The molecule has 1 N–H and O–H groups in total. The van der Waals surface area contributed by atoms with Crippen molar-refractivity contribution >= 4 is 0 Å². The van der Waals surface area contributed by atoms with Crippen LogP contribution >= 0.6 is 0 Å². The minimum absolute atomic E-state index is 0.00514. The van der Waals surface area contributed by atoms with Gasteiger partial charge in [0.15, 0.2) is 0 Å². The Morgan fingerprint density at radius 3 is 2.50 bits per heavy atom. The van der Waals surface area contributed by atoms with Crippen LogP contribution in [0.25, 0.3) is 0 Å². The summed E-state index contributed by atoms with van der Waals surface area (Å²) in [6.45, 7) is 6.25. The molecular formula is C18H21N3O. The summed E-state index contributed by atoms with van der Waals surface area (Å²) in [7, 11) is 0. The molecule has 0 fully saturated rings. The molecule has 0 aliphatic heterocycles. The highest BCUT2D eigenvalue weighted by Crippen LogP contribution is 2.21. The molecule has 4 heteroatoms. The Morgan fingerprint density at radius 2 is 1.95 bits per heavy atom. The molecule has 4 nitrogen and oxygen atoms in total. The van der Waals surface area contributed by atoms with E-state index in [0.717, 1.165) is 29.1 Å². The van der Waals surface area contributed by atoms with Crippen molar-refractivity contribution in [3.8, 4) is 6.07 Å². The second kappa shape index (κ2) is 7.15. The summed E-state index contributed by atoms with van der Waals surface area (Å²) in [5.41, 5.74) is 4.30. The third kappa shape index (κ3) is 3.90. The van der Waals surface area contributed by atoms with Crippen molar-refractivity contribution in [3.63, 3.8) is 0 Å². The molecule has 0 aliphatic rings. The smallest absolute Gasteiger partial charge is 0.0992 e. The van der Waals surface area contributed by atoms with Gasteiger partial charge in [0.25, 0.3) is 0 Å². The molecule has 0 spiro atoms. The zero-order valence-electron chi connectivity index (χ0n) is 13.2. The number of hydrogen-bond acceptors (Lipinski definition) is 4. The van der Waals surface area contributed by atoms with Crippen molar-refractivity contribution in [2.45, 2.75) is 45.6 Å². The maximum Gasteiger partial charge on any atom is 0.0992 e. The lowest BCUT2D eigenvalue weighted by Crippen LogP contribution is -2.06. The van der Waals surface area contributed by atoms with Gasteiger partial charge in [0.2, 0.25) is 0 Å². The van der Waals surface area contributed by atoms with Crippen LogP contribution in [-0.4, -0.2) is 15.1 Å². The van der Waals surface area contributed by atoms with Crippen molar-refractivity contribution in [2.24, 2.45) is 0 Å². The number of rotatable bonds is 5. The van der Waals surface area contributed by atoms with E-state index in [1.807, 2.05) is 24.3 Å². The van der Waals surface area contributed by atoms with E-state index in [2.05, 4.69) is 36.8 Å². The van der Waals surface area contributed by atoms with E-state index in [9.17, 15) is 0 Å². The molecule has 0 aliphatic carbocycles. The zero-order valence-corrected chi connectivity index (χ0v) is 13.2. The first-order valence-corrected chi connectivity index (χ1v) is 7.50. The molecule has 0 saturated carbocycles. The highest BCUT2D eigenvalue weighted by atomic mass is 16.3. The van der Waals surface area contributed by atoms with Crippen LogP contribution in [0.3, 0.4) is 0 Å². The average Bonchev–Trinajstić information content (AvgIpc) is 2.54. The molecule has 2 aromatic heterocycles. The molecule has 114 valence electrons. The van der Waals surface area contributed by atoms with Gasteiger partial charge in [-0.2, -0.15) is 5.26 Å². The molecule has 0 bridgehead atoms. The Bertz CT molecular complexity index is 672. The van der Waals surface area contributed by atoms with Gasteiger partial charge >= 0.3 is 0 Å². The molecule has 1 unspecified atom stereocenters. The largest absolute Gasteiger partial charge is 0.392 e. The van der Waals surface area contributed by atoms with Crippen LogP contribution in [0.4, 0.5) is 0 Å². The molecule has 1 atom stereocenters. The summed E-state index contributed by atoms with van der Waals surface area (Å²) in [4.78, 5) is 9.05. The van der Waals surface area contributed by atoms with E-state index in [4.69, 9.17) is 10.4 Å². The highest BCUT2D eigenvalue weighted by Gasteiger charge is 2.12. The second-order valence-electron chi connectivity index (χ2n) is 5.89. The van der Waals surface area contributed by atoms with Gasteiger partial charge in [-0.3, -0.25) is 9.97 Å². The first-order valence-electron chi connectivity index (χ1n) is 7.50. The molecular weight excluding hydrogens is 274 g/mol. The number of hydrogen-bond donors (Lipinski definition) is 1. The minimum atomic E-state index is 0.00514. The van der Waals surface area contributed by atoms with Crippen molar-refractivity contribution in [1.82, 2.24) is 9.97 Å². The minimum Gasteiger partial charge on any atom is -0.392 e. The lowest BCUT2D eigenvalue weighted by atomic mass is 9.98. The van der Waals surface area contributed by atoms with Crippen LogP contribution in [0, 0.1) is 11.3 Å². The maximum atomic E-state index is 9.16. The predicted molar refractivity (Wildman–Crippen MR) is 85.3 cm³/mol. The first-order chi connectivity index (χ1) is 10.5. The molecule has 0 aromatic carbocycles. The number of pyridine rings is 2. The van der Waals surface area contributed by atoms with Crippen LogP contribution in [0.15, 0.2) is 30.5 Å². The van der Waals surface area contributed by atoms with Gasteiger partial charge in [0.05, 0.1) is 18.2 Å². The fourth-order valence-corrected chi connectivity index (χ4v) is 2.31. The standard InChI is InChI=1S/C18H21N3O/c1-12(2)18-8-15(9-19)7-16(21-18)6-13(3)17-5-4-14(11-22)10-20-17/h4-5,7-8,10,12-13,22H,6,11H2,1-3H3. The molecule has 22 heavy (non-hydrogen) atoms. The van der Waals surface area contributed by atoms with Crippen molar-refractivity contribution in [3.05, 3.63) is 58.7 Å². The third-order valence-electron chi connectivity index (χ3n) is 3.67. The number of aromatic nitrogens is 2. The quantitative estimate of drug-likeness (QED) is 0.918. The molecule has 0 saturated heterocycles. The summed E-state index contributed by atoms with van der Waals surface area (Å²) < 4.78 is 0. The van der Waals surface area contributed by atoms with Crippen molar-refractivity contribution in [1.29, 1.82) is 5.26 Å². The number of nitrogens with zero attached hydrogens (tertiary/aromatic N) is 3. The molecule has 2 heterocycles. The Hall–Kier alpha value is -2.25. The van der Waals surface area contributed by atoms with Crippen LogP contribution in [0.1, 0.15) is 60.8 Å². The fraction of sp³-hybridized carbons (Fsp3) is 0.389. The summed E-state index contributed by atoms with van der Waals surface area (Å²) in [5.74, 6) is 0.499. The summed E-state index contributed by atoms with van der Waals surface area (Å²) >= 11 is 0. The average molecular weight is 295 g/mol. The van der Waals surface area contributed by atoms with E-state index >= 15 is 0 Å². The monoisotopic (exact) mass is 295 g/mol. The Labute approximate surface area is 131 Å². The van der Waals surface area contributed by atoms with Gasteiger partial charge in [-0.25, -0.2) is 0 Å². The Morgan fingerprint density at radius 1 is 1.18 bits per heavy atom. The fourth-order valence-electron chi connectivity index (χ4n) is 2.31. The predicted octanol–water partition coefficient (Wildman–Crippen LogP) is 3.31. The van der Waals surface area contributed by atoms with Gasteiger partial charge in [0.1, 0.15) is 0 Å². The Kier molecular flexibility index (Phi) is 5.24. The van der Waals surface area contributed by atoms with Crippen molar-refractivity contribution < 1.29 is 5.11 Å². The van der Waals surface area contributed by atoms with Crippen LogP contribution in [0.2, 0.25) is 0 Å². The number of aliphatic hydroxyl groups excluding tert-OH is 1. The molecule has 0 amide bonds. The van der Waals surface area contributed by atoms with E-state index in [1.165, 1.54) is 0 Å². The Balaban J connectivity index is 2.21. The normalized spacial score (nSPS) is 12.2. The first kappa shape index (κ1) is 16.1. The van der Waals surface area contributed by atoms with E-state index < -0.39 is 0 Å². The lowest BCUT2D eigenvalue weighted by molar-refractivity contribution is 0.281. The van der Waals surface area contributed by atoms with Crippen molar-refractivity contribution in [2.75, 3.05) is 0 Å². The number of nitriles is 1. The van der Waals surface area contributed by atoms with Gasteiger partial charge in [-0.05, 0) is 36.1 Å². The second-order valence-corrected chi connectivity index (χ2v) is 5.89. The van der Waals surface area contributed by atoms with Crippen LogP contribution in [-0.2, 0) is 13.0 Å². The van der Waals surface area contributed by atoms with Gasteiger partial charge in [-0.15, -0.1) is 0 Å². The third-order valence-corrected chi connectivity index (χ3v) is 3.67. The summed E-state index contributed by atoms with van der Waals surface area (Å²) in [6.07, 6.45) is 2.44. The highest BCUT2D eigenvalue weighted by molar-refractivity contribution is 5.33. The van der Waals surface area contributed by atoms with E-state index in [-0.39, 0.29) is 12.5 Å². The molecule has 0 radical (unpaired) electrons. The van der Waals surface area contributed by atoms with E-state index in [1.54, 1.807) is 6.20 Å². The maximum absolute atomic E-state index is 9.16. The number of aliphatic hydroxyl groups is 1. The van der Waals surface area contributed by atoms with Gasteiger partial charge in [0, 0.05) is 29.2 Å². The summed E-state index contributed by atoms with van der Waals surface area (Å²) in [5, 5.41) is 18.2. The van der Waals surface area contributed by atoms with Crippen LogP contribution in [0.5, 0.6) is 0 Å². The zero-order chi connectivity index (χ0) is 16.1. The van der Waals surface area contributed by atoms with Crippen LogP contribution < -0.4 is 0 Å².